The number of rotatable bonds is 1. The van der Waals surface area contributed by atoms with Crippen LogP contribution in [0.1, 0.15) is 19.3 Å². The summed E-state index contributed by atoms with van der Waals surface area (Å²) in [5.74, 6) is -2.44. The first-order valence-electron chi connectivity index (χ1n) is 4.22. The highest BCUT2D eigenvalue weighted by Gasteiger charge is 2.41. The lowest BCUT2D eigenvalue weighted by Crippen LogP contribution is -2.44. The summed E-state index contributed by atoms with van der Waals surface area (Å²) in [6.07, 6.45) is -3.18. The minimum Gasteiger partial charge on any atom is -0.344 e. The Balaban J connectivity index is 2.53. The van der Waals surface area contributed by atoms with Crippen molar-refractivity contribution >= 4 is 5.91 Å². The van der Waals surface area contributed by atoms with Gasteiger partial charge in [-0.15, -0.1) is 0 Å². The van der Waals surface area contributed by atoms with Crippen LogP contribution >= 0.6 is 0 Å². The smallest absolute Gasteiger partial charge is 0.344 e. The highest BCUT2D eigenvalue weighted by molar-refractivity contribution is 5.82. The molecule has 0 heterocycles. The van der Waals surface area contributed by atoms with E-state index in [2.05, 4.69) is 0 Å². The van der Waals surface area contributed by atoms with Gasteiger partial charge in [0.1, 0.15) is 0 Å². The lowest BCUT2D eigenvalue weighted by Gasteiger charge is -2.16. The van der Waals surface area contributed by atoms with Gasteiger partial charge in [0.15, 0.2) is 0 Å². The maximum absolute atomic E-state index is 11.8. The summed E-state index contributed by atoms with van der Waals surface area (Å²) < 4.78 is 35.5. The highest BCUT2D eigenvalue weighted by Crippen LogP contribution is 2.26. The molecule has 1 fully saturated rings. The van der Waals surface area contributed by atoms with Gasteiger partial charge >= 0.3 is 12.1 Å². The van der Waals surface area contributed by atoms with Crippen LogP contribution < -0.4 is 5.32 Å². The van der Waals surface area contributed by atoms with Gasteiger partial charge in [0.25, 0.3) is 0 Å². The van der Waals surface area contributed by atoms with E-state index in [1.807, 2.05) is 11.4 Å². The fraction of sp³-hybridized carbons (Fsp3) is 0.750. The van der Waals surface area contributed by atoms with Crippen LogP contribution in [0, 0.1) is 17.2 Å². The van der Waals surface area contributed by atoms with E-state index in [-0.39, 0.29) is 0 Å². The molecule has 78 valence electrons. The van der Waals surface area contributed by atoms with Crippen molar-refractivity contribution in [1.82, 2.24) is 5.32 Å². The number of nitrogens with zero attached hydrogens (tertiary/aromatic N) is 1. The Morgan fingerprint density at radius 3 is 2.57 bits per heavy atom. The van der Waals surface area contributed by atoms with E-state index in [4.69, 9.17) is 5.26 Å². The van der Waals surface area contributed by atoms with Crippen LogP contribution in [0.4, 0.5) is 13.2 Å². The normalized spacial score (nSPS) is 27.0. The van der Waals surface area contributed by atoms with Crippen molar-refractivity contribution in [2.45, 2.75) is 31.5 Å². The molecule has 1 rings (SSSR count). The molecule has 0 aromatic rings. The van der Waals surface area contributed by atoms with Crippen LogP contribution in [0.5, 0.6) is 0 Å². The Bertz CT molecular complexity index is 269. The van der Waals surface area contributed by atoms with Gasteiger partial charge in [-0.05, 0) is 19.3 Å². The molecule has 0 aromatic carbocycles. The van der Waals surface area contributed by atoms with E-state index in [0.717, 1.165) is 0 Å². The molecule has 0 aromatic heterocycles. The van der Waals surface area contributed by atoms with E-state index in [1.165, 1.54) is 0 Å². The van der Waals surface area contributed by atoms with Crippen molar-refractivity contribution in [1.29, 1.82) is 5.26 Å². The number of amides is 1. The van der Waals surface area contributed by atoms with Crippen molar-refractivity contribution in [3.63, 3.8) is 0 Å². The Morgan fingerprint density at radius 2 is 2.07 bits per heavy atom. The molecule has 0 radical (unpaired) electrons. The summed E-state index contributed by atoms with van der Waals surface area (Å²) >= 11 is 0. The molecular formula is C8H9F3N2O. The number of carbonyl (C=O) groups is 1. The molecule has 0 spiro atoms. The first-order chi connectivity index (χ1) is 6.45. The summed E-state index contributed by atoms with van der Waals surface area (Å²) in [6, 6.07) is 1.24. The van der Waals surface area contributed by atoms with Gasteiger partial charge in [0.2, 0.25) is 0 Å². The number of nitrogens with one attached hydrogen (secondary N) is 1. The van der Waals surface area contributed by atoms with E-state index >= 15 is 0 Å². The van der Waals surface area contributed by atoms with Gasteiger partial charge in [-0.1, -0.05) is 0 Å². The van der Waals surface area contributed by atoms with Gasteiger partial charge in [0, 0.05) is 6.04 Å². The van der Waals surface area contributed by atoms with E-state index in [0.29, 0.717) is 19.3 Å². The van der Waals surface area contributed by atoms with Gasteiger partial charge in [0.05, 0.1) is 12.0 Å². The third kappa shape index (κ3) is 2.37. The molecule has 0 saturated heterocycles. The van der Waals surface area contributed by atoms with Crippen LogP contribution in [-0.2, 0) is 4.79 Å². The van der Waals surface area contributed by atoms with Crippen LogP contribution in [-0.4, -0.2) is 18.1 Å². The molecule has 0 bridgehead atoms. The zero-order chi connectivity index (χ0) is 10.8. The van der Waals surface area contributed by atoms with Crippen molar-refractivity contribution in [3.8, 4) is 6.07 Å². The Morgan fingerprint density at radius 1 is 1.43 bits per heavy atom. The lowest BCUT2D eigenvalue weighted by molar-refractivity contribution is -0.174. The van der Waals surface area contributed by atoms with Crippen molar-refractivity contribution in [2.75, 3.05) is 0 Å². The summed E-state index contributed by atoms with van der Waals surface area (Å²) in [5, 5.41) is 10.4. The van der Waals surface area contributed by atoms with Crippen LogP contribution in [0.25, 0.3) is 0 Å². The fourth-order valence-electron chi connectivity index (χ4n) is 1.54. The fourth-order valence-corrected chi connectivity index (χ4v) is 1.54. The zero-order valence-corrected chi connectivity index (χ0v) is 7.27. The molecule has 0 aliphatic heterocycles. The molecule has 1 saturated carbocycles. The summed E-state index contributed by atoms with van der Waals surface area (Å²) in [4.78, 5) is 10.5. The van der Waals surface area contributed by atoms with E-state index < -0.39 is 24.0 Å². The van der Waals surface area contributed by atoms with Crippen LogP contribution in [0.3, 0.4) is 0 Å². The van der Waals surface area contributed by atoms with Gasteiger partial charge in [-0.2, -0.15) is 18.4 Å². The average Bonchev–Trinajstić information content (AvgIpc) is 2.50. The summed E-state index contributed by atoms with van der Waals surface area (Å²) in [7, 11) is 0. The number of nitriles is 1. The molecule has 3 nitrogen and oxygen atoms in total. The second-order valence-corrected chi connectivity index (χ2v) is 3.24. The third-order valence-electron chi connectivity index (χ3n) is 2.26. The standard InChI is InChI=1S/C8H9F3N2O/c9-8(10,11)7(14)13-6-3-1-2-5(6)4-12/h5-6H,1-3H2,(H,13,14). The summed E-state index contributed by atoms with van der Waals surface area (Å²) in [6.45, 7) is 0. The first kappa shape index (κ1) is 10.8. The maximum atomic E-state index is 11.8. The molecule has 6 heteroatoms. The zero-order valence-electron chi connectivity index (χ0n) is 7.27. The first-order valence-corrected chi connectivity index (χ1v) is 4.22. The number of halogens is 3. The second kappa shape index (κ2) is 3.86. The van der Waals surface area contributed by atoms with Gasteiger partial charge in [-0.3, -0.25) is 4.79 Å². The molecule has 14 heavy (non-hydrogen) atoms. The Hall–Kier alpha value is -1.25. The van der Waals surface area contributed by atoms with E-state index in [1.54, 1.807) is 0 Å². The SMILES string of the molecule is N#CC1CCCC1NC(=O)C(F)(F)F. The number of alkyl halides is 3. The lowest BCUT2D eigenvalue weighted by atomic mass is 10.1. The quantitative estimate of drug-likeness (QED) is 0.704. The largest absolute Gasteiger partial charge is 0.471 e. The molecule has 1 aliphatic carbocycles. The minimum atomic E-state index is -4.86. The Kier molecular flexibility index (Phi) is 2.99. The second-order valence-electron chi connectivity index (χ2n) is 3.24. The van der Waals surface area contributed by atoms with Crippen molar-refractivity contribution in [3.05, 3.63) is 0 Å². The monoisotopic (exact) mass is 206 g/mol. The van der Waals surface area contributed by atoms with Crippen molar-refractivity contribution < 1.29 is 18.0 Å². The van der Waals surface area contributed by atoms with Crippen LogP contribution in [0.2, 0.25) is 0 Å². The molecular weight excluding hydrogens is 197 g/mol. The molecule has 1 N–H and O–H groups in total. The minimum absolute atomic E-state index is 0.444. The predicted molar refractivity (Wildman–Crippen MR) is 40.9 cm³/mol. The topological polar surface area (TPSA) is 52.9 Å². The molecule has 1 aliphatic rings. The number of hydrogen-bond acceptors (Lipinski definition) is 2. The third-order valence-corrected chi connectivity index (χ3v) is 2.26. The summed E-state index contributed by atoms with van der Waals surface area (Å²) in [5.41, 5.74) is 0. The van der Waals surface area contributed by atoms with E-state index in [9.17, 15) is 18.0 Å². The van der Waals surface area contributed by atoms with Crippen LogP contribution in [0.15, 0.2) is 0 Å². The maximum Gasteiger partial charge on any atom is 0.471 e. The molecule has 2 atom stereocenters. The predicted octanol–water partition coefficient (Wildman–Crippen LogP) is 1.36. The Labute approximate surface area is 78.9 Å². The number of carbonyl (C=O) groups excluding carboxylic acids is 1. The molecule has 2 unspecified atom stereocenters. The van der Waals surface area contributed by atoms with Gasteiger partial charge in [-0.25, -0.2) is 0 Å². The molecule has 1 amide bonds. The number of hydrogen-bond donors (Lipinski definition) is 1. The van der Waals surface area contributed by atoms with Crippen molar-refractivity contribution in [2.24, 2.45) is 5.92 Å². The van der Waals surface area contributed by atoms with Gasteiger partial charge < -0.3 is 5.32 Å². The average molecular weight is 206 g/mol. The highest BCUT2D eigenvalue weighted by atomic mass is 19.4.